The van der Waals surface area contributed by atoms with E-state index >= 15 is 0 Å². The fourth-order valence-corrected chi connectivity index (χ4v) is 2.13. The van der Waals surface area contributed by atoms with Crippen LogP contribution < -0.4 is 5.73 Å². The van der Waals surface area contributed by atoms with Crippen molar-refractivity contribution < 1.29 is 15.0 Å². The van der Waals surface area contributed by atoms with Crippen LogP contribution in [0.25, 0.3) is 0 Å². The van der Waals surface area contributed by atoms with Crippen molar-refractivity contribution in [3.8, 4) is 5.75 Å². The van der Waals surface area contributed by atoms with Crippen LogP contribution in [-0.4, -0.2) is 22.7 Å². The van der Waals surface area contributed by atoms with Crippen LogP contribution in [0.3, 0.4) is 0 Å². The predicted molar refractivity (Wildman–Crippen MR) is 70.5 cm³/mol. The number of aliphatic carboxylic acids is 1. The van der Waals surface area contributed by atoms with E-state index in [1.807, 2.05) is 26.0 Å². The Balaban J connectivity index is 2.75. The van der Waals surface area contributed by atoms with Gasteiger partial charge in [-0.2, -0.15) is 0 Å². The summed E-state index contributed by atoms with van der Waals surface area (Å²) in [6, 6.07) is 7.16. The lowest BCUT2D eigenvalue weighted by Gasteiger charge is -2.23. The largest absolute Gasteiger partial charge is 0.508 e. The molecule has 0 aliphatic carbocycles. The summed E-state index contributed by atoms with van der Waals surface area (Å²) in [5.74, 6) is -0.874. The van der Waals surface area contributed by atoms with Gasteiger partial charge >= 0.3 is 5.97 Å². The van der Waals surface area contributed by atoms with E-state index in [2.05, 4.69) is 0 Å². The normalized spacial score (nSPS) is 15.9. The van der Waals surface area contributed by atoms with Crippen LogP contribution in [-0.2, 0) is 4.79 Å². The highest BCUT2D eigenvalue weighted by molar-refractivity contribution is 5.70. The monoisotopic (exact) mass is 251 g/mol. The molecule has 0 aliphatic rings. The van der Waals surface area contributed by atoms with Gasteiger partial charge in [-0.15, -0.1) is 0 Å². The van der Waals surface area contributed by atoms with Crippen molar-refractivity contribution in [2.45, 2.75) is 26.2 Å². The van der Waals surface area contributed by atoms with Gasteiger partial charge < -0.3 is 15.9 Å². The maximum absolute atomic E-state index is 11.0. The first kappa shape index (κ1) is 14.5. The molecule has 18 heavy (non-hydrogen) atoms. The quantitative estimate of drug-likeness (QED) is 0.723. The Morgan fingerprint density at radius 2 is 1.94 bits per heavy atom. The number of phenolic OH excluding ortho intramolecular Hbond substituents is 1. The maximum Gasteiger partial charge on any atom is 0.307 e. The fraction of sp³-hybridized carbons (Fsp3) is 0.500. The first-order chi connectivity index (χ1) is 8.47. The zero-order valence-electron chi connectivity index (χ0n) is 10.8. The van der Waals surface area contributed by atoms with Gasteiger partial charge in [-0.05, 0) is 29.9 Å². The lowest BCUT2D eigenvalue weighted by atomic mass is 9.82. The lowest BCUT2D eigenvalue weighted by molar-refractivity contribution is -0.142. The number of phenols is 1. The summed E-state index contributed by atoms with van der Waals surface area (Å²) in [6.45, 7) is 4.13. The van der Waals surface area contributed by atoms with Crippen molar-refractivity contribution in [3.63, 3.8) is 0 Å². The molecule has 3 unspecified atom stereocenters. The van der Waals surface area contributed by atoms with Crippen molar-refractivity contribution in [2.75, 3.05) is 6.54 Å². The molecule has 3 atom stereocenters. The van der Waals surface area contributed by atoms with Crippen LogP contribution in [0.15, 0.2) is 24.3 Å². The molecule has 0 fully saturated rings. The molecule has 0 radical (unpaired) electrons. The highest BCUT2D eigenvalue weighted by Crippen LogP contribution is 2.33. The summed E-state index contributed by atoms with van der Waals surface area (Å²) in [5, 5.41) is 18.8. The van der Waals surface area contributed by atoms with E-state index < -0.39 is 11.9 Å². The Labute approximate surface area is 107 Å². The Morgan fingerprint density at radius 1 is 1.33 bits per heavy atom. The molecule has 0 aliphatic heterocycles. The number of carboxylic acid groups (broad SMARTS) is 1. The van der Waals surface area contributed by atoms with Gasteiger partial charge in [-0.25, -0.2) is 0 Å². The minimum absolute atomic E-state index is 0.0969. The van der Waals surface area contributed by atoms with E-state index in [-0.39, 0.29) is 24.1 Å². The smallest absolute Gasteiger partial charge is 0.307 e. The molecular formula is C14H21NO3. The van der Waals surface area contributed by atoms with Crippen LogP contribution in [0.1, 0.15) is 31.7 Å². The van der Waals surface area contributed by atoms with E-state index in [0.717, 1.165) is 5.56 Å². The molecule has 100 valence electrons. The number of hydrogen-bond acceptors (Lipinski definition) is 3. The van der Waals surface area contributed by atoms with Gasteiger partial charge in [0.2, 0.25) is 0 Å². The van der Waals surface area contributed by atoms with Gasteiger partial charge in [0.1, 0.15) is 5.75 Å². The van der Waals surface area contributed by atoms with Crippen LogP contribution in [0.5, 0.6) is 5.75 Å². The SMILES string of the molecule is CC(CC(CN)C(=O)O)C(C)c1ccccc1O. The summed E-state index contributed by atoms with van der Waals surface area (Å²) in [5.41, 5.74) is 6.31. The minimum atomic E-state index is -0.853. The standard InChI is InChI=1S/C14H21NO3/c1-9(7-11(8-15)14(17)18)10(2)12-5-3-4-6-13(12)16/h3-6,9-11,16H,7-8,15H2,1-2H3,(H,17,18). The van der Waals surface area contributed by atoms with Gasteiger partial charge in [0, 0.05) is 6.54 Å². The summed E-state index contributed by atoms with van der Waals surface area (Å²) >= 11 is 0. The molecule has 0 saturated heterocycles. The molecule has 0 heterocycles. The third-order valence-electron chi connectivity index (χ3n) is 3.57. The first-order valence-corrected chi connectivity index (χ1v) is 6.18. The number of nitrogens with two attached hydrogens (primary N) is 1. The second-order valence-electron chi connectivity index (χ2n) is 4.83. The molecule has 0 aromatic heterocycles. The van der Waals surface area contributed by atoms with Crippen molar-refractivity contribution >= 4 is 5.97 Å². The van der Waals surface area contributed by atoms with E-state index in [9.17, 15) is 9.90 Å². The van der Waals surface area contributed by atoms with Gasteiger partial charge in [0.15, 0.2) is 0 Å². The van der Waals surface area contributed by atoms with Crippen molar-refractivity contribution in [3.05, 3.63) is 29.8 Å². The molecule has 0 spiro atoms. The number of para-hydroxylation sites is 1. The molecular weight excluding hydrogens is 230 g/mol. The van der Waals surface area contributed by atoms with E-state index in [1.165, 1.54) is 0 Å². The zero-order chi connectivity index (χ0) is 13.7. The molecule has 0 amide bonds. The average Bonchev–Trinajstić information content (AvgIpc) is 2.35. The number of aromatic hydroxyl groups is 1. The molecule has 4 N–H and O–H groups in total. The Morgan fingerprint density at radius 3 is 2.44 bits per heavy atom. The zero-order valence-corrected chi connectivity index (χ0v) is 10.8. The van der Waals surface area contributed by atoms with Gasteiger partial charge in [0.05, 0.1) is 5.92 Å². The predicted octanol–water partition coefficient (Wildman–Crippen LogP) is 2.18. The van der Waals surface area contributed by atoms with Crippen LogP contribution in [0.4, 0.5) is 0 Å². The van der Waals surface area contributed by atoms with Crippen LogP contribution >= 0.6 is 0 Å². The van der Waals surface area contributed by atoms with Crippen LogP contribution in [0.2, 0.25) is 0 Å². The average molecular weight is 251 g/mol. The van der Waals surface area contributed by atoms with Crippen molar-refractivity contribution in [1.82, 2.24) is 0 Å². The molecule has 0 bridgehead atoms. The molecule has 1 aromatic carbocycles. The Kier molecular flexibility index (Phi) is 5.16. The summed E-state index contributed by atoms with van der Waals surface area (Å²) in [6.07, 6.45) is 0.515. The van der Waals surface area contributed by atoms with Gasteiger partial charge in [-0.1, -0.05) is 32.0 Å². The number of carbonyl (C=O) groups is 1. The molecule has 1 rings (SSSR count). The number of benzene rings is 1. The molecule has 1 aromatic rings. The molecule has 0 saturated carbocycles. The lowest BCUT2D eigenvalue weighted by Crippen LogP contribution is -2.26. The topological polar surface area (TPSA) is 83.6 Å². The van der Waals surface area contributed by atoms with Crippen molar-refractivity contribution in [2.24, 2.45) is 17.6 Å². The molecule has 4 heteroatoms. The number of hydrogen-bond donors (Lipinski definition) is 3. The van der Waals surface area contributed by atoms with E-state index in [4.69, 9.17) is 10.8 Å². The number of carboxylic acids is 1. The number of rotatable bonds is 6. The Hall–Kier alpha value is -1.55. The second-order valence-corrected chi connectivity index (χ2v) is 4.83. The van der Waals surface area contributed by atoms with Crippen molar-refractivity contribution in [1.29, 1.82) is 0 Å². The van der Waals surface area contributed by atoms with Gasteiger partial charge in [0.25, 0.3) is 0 Å². The summed E-state index contributed by atoms with van der Waals surface area (Å²) in [7, 11) is 0. The first-order valence-electron chi connectivity index (χ1n) is 6.18. The Bertz CT molecular complexity index is 406. The molecule has 4 nitrogen and oxygen atoms in total. The third kappa shape index (κ3) is 3.47. The second kappa shape index (κ2) is 6.40. The van der Waals surface area contributed by atoms with Crippen LogP contribution in [0, 0.1) is 11.8 Å². The highest BCUT2D eigenvalue weighted by Gasteiger charge is 2.24. The van der Waals surface area contributed by atoms with E-state index in [1.54, 1.807) is 12.1 Å². The van der Waals surface area contributed by atoms with E-state index in [0.29, 0.717) is 6.42 Å². The highest BCUT2D eigenvalue weighted by atomic mass is 16.4. The maximum atomic E-state index is 11.0. The summed E-state index contributed by atoms with van der Waals surface area (Å²) < 4.78 is 0. The summed E-state index contributed by atoms with van der Waals surface area (Å²) in [4.78, 5) is 11.0. The third-order valence-corrected chi connectivity index (χ3v) is 3.57. The fourth-order valence-electron chi connectivity index (χ4n) is 2.13. The van der Waals surface area contributed by atoms with Gasteiger partial charge in [-0.3, -0.25) is 4.79 Å². The minimum Gasteiger partial charge on any atom is -0.508 e.